The predicted molar refractivity (Wildman–Crippen MR) is 59.2 cm³/mol. The minimum Gasteiger partial charge on any atom is -0.277 e. The summed E-state index contributed by atoms with van der Waals surface area (Å²) in [6.07, 6.45) is 5.26. The Morgan fingerprint density at radius 3 is 2.62 bits per heavy atom. The molecule has 6 nitrogen and oxygen atoms in total. The van der Waals surface area contributed by atoms with Crippen LogP contribution < -0.4 is 5.69 Å². The van der Waals surface area contributed by atoms with Crippen LogP contribution in [0.25, 0.3) is 0 Å². The summed E-state index contributed by atoms with van der Waals surface area (Å²) in [7, 11) is 1.64. The van der Waals surface area contributed by atoms with Gasteiger partial charge in [-0.15, -0.1) is 0 Å². The van der Waals surface area contributed by atoms with E-state index in [1.165, 1.54) is 11.0 Å². The van der Waals surface area contributed by atoms with E-state index in [1.54, 1.807) is 17.8 Å². The summed E-state index contributed by atoms with van der Waals surface area (Å²) < 4.78 is 4.74. The fraction of sp³-hybridized carbons (Fsp3) is 0.500. The van der Waals surface area contributed by atoms with E-state index in [4.69, 9.17) is 0 Å². The summed E-state index contributed by atoms with van der Waals surface area (Å²) in [4.78, 5) is 11.5. The Labute approximate surface area is 93.1 Å². The lowest BCUT2D eigenvalue weighted by Crippen LogP contribution is -2.22. The number of nitrogens with zero attached hydrogens (tertiary/aromatic N) is 5. The van der Waals surface area contributed by atoms with Crippen LogP contribution in [-0.2, 0) is 13.6 Å². The first-order chi connectivity index (χ1) is 7.58. The van der Waals surface area contributed by atoms with Gasteiger partial charge in [0.15, 0.2) is 0 Å². The maximum Gasteiger partial charge on any atom is 0.345 e. The van der Waals surface area contributed by atoms with Crippen LogP contribution in [-0.4, -0.2) is 24.1 Å². The molecular weight excluding hydrogens is 206 g/mol. The number of hydrogen-bond donors (Lipinski definition) is 0. The summed E-state index contributed by atoms with van der Waals surface area (Å²) in [5, 5.41) is 8.12. The molecule has 0 bridgehead atoms. The van der Waals surface area contributed by atoms with E-state index in [9.17, 15) is 4.79 Å². The van der Waals surface area contributed by atoms with E-state index in [0.29, 0.717) is 12.6 Å². The molecule has 0 fully saturated rings. The van der Waals surface area contributed by atoms with Gasteiger partial charge in [0.25, 0.3) is 0 Å². The van der Waals surface area contributed by atoms with Crippen LogP contribution >= 0.6 is 0 Å². The van der Waals surface area contributed by atoms with Crippen molar-refractivity contribution in [2.45, 2.75) is 26.4 Å². The molecule has 16 heavy (non-hydrogen) atoms. The average Bonchev–Trinajstić information content (AvgIpc) is 2.81. The van der Waals surface area contributed by atoms with E-state index < -0.39 is 0 Å². The van der Waals surface area contributed by atoms with Gasteiger partial charge in [-0.25, -0.2) is 9.48 Å². The highest BCUT2D eigenvalue weighted by Gasteiger charge is 2.05. The fourth-order valence-electron chi connectivity index (χ4n) is 1.47. The average molecular weight is 221 g/mol. The number of hydrogen-bond acceptors (Lipinski definition) is 3. The molecule has 6 heteroatoms. The molecule has 0 N–H and O–H groups in total. The SMILES string of the molecule is CC(C)n1cc(Cn2cnn(C)c2=O)cn1. The smallest absolute Gasteiger partial charge is 0.277 e. The summed E-state index contributed by atoms with van der Waals surface area (Å²) in [5.74, 6) is 0. The maximum atomic E-state index is 11.5. The van der Waals surface area contributed by atoms with Gasteiger partial charge in [-0.2, -0.15) is 10.2 Å². The van der Waals surface area contributed by atoms with Gasteiger partial charge in [-0.05, 0) is 13.8 Å². The predicted octanol–water partition coefficient (Wildman–Crippen LogP) is 0.407. The topological polar surface area (TPSA) is 57.6 Å². The Bertz CT molecular complexity index is 533. The van der Waals surface area contributed by atoms with E-state index in [-0.39, 0.29) is 5.69 Å². The van der Waals surface area contributed by atoms with Crippen LogP contribution in [0.3, 0.4) is 0 Å². The minimum absolute atomic E-state index is 0.114. The van der Waals surface area contributed by atoms with Gasteiger partial charge in [0.1, 0.15) is 6.33 Å². The standard InChI is InChI=1S/C10H15N5O/c1-8(2)15-6-9(4-11-15)5-14-7-12-13(3)10(14)16/h4,6-8H,5H2,1-3H3. The van der Waals surface area contributed by atoms with Crippen LogP contribution in [0.15, 0.2) is 23.5 Å². The number of aromatic nitrogens is 5. The Hall–Kier alpha value is -1.85. The maximum absolute atomic E-state index is 11.5. The monoisotopic (exact) mass is 221 g/mol. The van der Waals surface area contributed by atoms with Crippen LogP contribution in [0.1, 0.15) is 25.5 Å². The Kier molecular flexibility index (Phi) is 2.64. The van der Waals surface area contributed by atoms with Crippen molar-refractivity contribution in [1.29, 1.82) is 0 Å². The molecule has 0 aliphatic heterocycles. The number of rotatable bonds is 3. The lowest BCUT2D eigenvalue weighted by atomic mass is 10.3. The van der Waals surface area contributed by atoms with Gasteiger partial charge in [-0.1, -0.05) is 0 Å². The van der Waals surface area contributed by atoms with E-state index in [2.05, 4.69) is 24.0 Å². The molecule has 0 amide bonds. The van der Waals surface area contributed by atoms with Gasteiger partial charge in [0.05, 0.1) is 12.7 Å². The third-order valence-electron chi connectivity index (χ3n) is 2.42. The second-order valence-corrected chi connectivity index (χ2v) is 4.09. The lowest BCUT2D eigenvalue weighted by molar-refractivity contribution is 0.531. The zero-order valence-electron chi connectivity index (χ0n) is 9.66. The first-order valence-corrected chi connectivity index (χ1v) is 5.19. The largest absolute Gasteiger partial charge is 0.345 e. The molecule has 86 valence electrons. The van der Waals surface area contributed by atoms with Crippen LogP contribution in [0.2, 0.25) is 0 Å². The molecule has 0 aliphatic rings. The minimum atomic E-state index is -0.114. The molecular formula is C10H15N5O. The molecule has 0 unspecified atom stereocenters. The second-order valence-electron chi connectivity index (χ2n) is 4.09. The van der Waals surface area contributed by atoms with Crippen molar-refractivity contribution >= 4 is 0 Å². The molecule has 2 heterocycles. The quantitative estimate of drug-likeness (QED) is 0.754. The second kappa shape index (κ2) is 3.96. The Morgan fingerprint density at radius 2 is 2.12 bits per heavy atom. The molecule has 0 aromatic carbocycles. The van der Waals surface area contributed by atoms with Gasteiger partial charge in [-0.3, -0.25) is 9.25 Å². The van der Waals surface area contributed by atoms with Crippen molar-refractivity contribution in [3.05, 3.63) is 34.8 Å². The van der Waals surface area contributed by atoms with Crippen molar-refractivity contribution < 1.29 is 0 Å². The lowest BCUT2D eigenvalue weighted by Gasteiger charge is -2.03. The van der Waals surface area contributed by atoms with Crippen molar-refractivity contribution in [2.75, 3.05) is 0 Å². The van der Waals surface area contributed by atoms with Gasteiger partial charge < -0.3 is 0 Å². The zero-order chi connectivity index (χ0) is 11.7. The highest BCUT2D eigenvalue weighted by atomic mass is 16.2. The van der Waals surface area contributed by atoms with Crippen molar-refractivity contribution in [2.24, 2.45) is 7.05 Å². The van der Waals surface area contributed by atoms with E-state index >= 15 is 0 Å². The molecule has 0 atom stereocenters. The third-order valence-corrected chi connectivity index (χ3v) is 2.42. The molecule has 2 aromatic heterocycles. The first-order valence-electron chi connectivity index (χ1n) is 5.19. The molecule has 0 spiro atoms. The molecule has 2 aromatic rings. The normalized spacial score (nSPS) is 11.2. The molecule has 0 saturated carbocycles. The third kappa shape index (κ3) is 1.91. The first kappa shape index (κ1) is 10.7. The summed E-state index contributed by atoms with van der Waals surface area (Å²) in [6, 6.07) is 0.333. The number of aryl methyl sites for hydroxylation is 1. The zero-order valence-corrected chi connectivity index (χ0v) is 9.66. The highest BCUT2D eigenvalue weighted by Crippen LogP contribution is 2.05. The molecule has 0 saturated heterocycles. The summed E-state index contributed by atoms with van der Waals surface area (Å²) >= 11 is 0. The molecule has 0 aliphatic carbocycles. The summed E-state index contributed by atoms with van der Waals surface area (Å²) in [6.45, 7) is 4.64. The molecule has 2 rings (SSSR count). The van der Waals surface area contributed by atoms with Crippen molar-refractivity contribution in [3.8, 4) is 0 Å². The van der Waals surface area contributed by atoms with Crippen molar-refractivity contribution in [1.82, 2.24) is 24.1 Å². The van der Waals surface area contributed by atoms with Gasteiger partial charge in [0.2, 0.25) is 0 Å². The Morgan fingerprint density at radius 1 is 1.38 bits per heavy atom. The molecule has 0 radical (unpaired) electrons. The van der Waals surface area contributed by atoms with Crippen molar-refractivity contribution in [3.63, 3.8) is 0 Å². The highest BCUT2D eigenvalue weighted by molar-refractivity contribution is 5.04. The van der Waals surface area contributed by atoms with Crippen LogP contribution in [0, 0.1) is 0 Å². The van der Waals surface area contributed by atoms with Gasteiger partial charge >= 0.3 is 5.69 Å². The van der Waals surface area contributed by atoms with Crippen LogP contribution in [0.4, 0.5) is 0 Å². The summed E-state index contributed by atoms with van der Waals surface area (Å²) in [5.41, 5.74) is 0.890. The van der Waals surface area contributed by atoms with E-state index in [0.717, 1.165) is 5.56 Å². The van der Waals surface area contributed by atoms with Gasteiger partial charge in [0, 0.05) is 24.8 Å². The van der Waals surface area contributed by atoms with Crippen LogP contribution in [0.5, 0.6) is 0 Å². The Balaban J connectivity index is 2.21. The fourth-order valence-corrected chi connectivity index (χ4v) is 1.47. The van der Waals surface area contributed by atoms with E-state index in [1.807, 2.05) is 10.9 Å².